The smallest absolute Gasteiger partial charge is 0.243 e. The molecular formula is C14H13FN2O2S. The van der Waals surface area contributed by atoms with Crippen molar-refractivity contribution in [2.75, 3.05) is 6.54 Å². The van der Waals surface area contributed by atoms with E-state index in [1.54, 1.807) is 12.3 Å². The number of halogens is 1. The average Bonchev–Trinajstić information content (AvgIpc) is 2.47. The summed E-state index contributed by atoms with van der Waals surface area (Å²) in [6, 6.07) is 8.59. The van der Waals surface area contributed by atoms with Crippen LogP contribution in [-0.2, 0) is 23.0 Å². The van der Waals surface area contributed by atoms with Crippen LogP contribution in [0.2, 0.25) is 0 Å². The third-order valence-corrected chi connectivity index (χ3v) is 5.24. The summed E-state index contributed by atoms with van der Waals surface area (Å²) >= 11 is 0. The predicted molar refractivity (Wildman–Crippen MR) is 71.9 cm³/mol. The molecule has 1 aliphatic rings. The quantitative estimate of drug-likeness (QED) is 0.850. The Kier molecular flexibility index (Phi) is 3.27. The molecule has 3 rings (SSSR count). The lowest BCUT2D eigenvalue weighted by Crippen LogP contribution is -2.36. The van der Waals surface area contributed by atoms with Gasteiger partial charge in [-0.15, -0.1) is 0 Å². The Morgan fingerprint density at radius 1 is 1.15 bits per heavy atom. The van der Waals surface area contributed by atoms with Crippen LogP contribution in [0.1, 0.15) is 11.3 Å². The van der Waals surface area contributed by atoms with Gasteiger partial charge < -0.3 is 0 Å². The molecule has 1 aromatic carbocycles. The molecule has 0 amide bonds. The van der Waals surface area contributed by atoms with Gasteiger partial charge in [0.05, 0.1) is 4.90 Å². The standard InChI is InChI=1S/C14H13FN2O2S/c15-12-3-5-13(6-4-12)20(18,19)17-9-7-14-11(10-17)2-1-8-16-14/h1-6,8H,7,9-10H2. The second-order valence-electron chi connectivity index (χ2n) is 4.65. The lowest BCUT2D eigenvalue weighted by atomic mass is 10.1. The number of sulfonamides is 1. The first-order chi connectivity index (χ1) is 9.57. The van der Waals surface area contributed by atoms with Crippen LogP contribution in [0.4, 0.5) is 4.39 Å². The van der Waals surface area contributed by atoms with E-state index in [2.05, 4.69) is 4.98 Å². The van der Waals surface area contributed by atoms with Gasteiger partial charge in [0.1, 0.15) is 5.82 Å². The molecule has 2 heterocycles. The summed E-state index contributed by atoms with van der Waals surface area (Å²) in [5, 5.41) is 0. The molecule has 1 aliphatic heterocycles. The first-order valence-electron chi connectivity index (χ1n) is 6.26. The third-order valence-electron chi connectivity index (χ3n) is 3.38. The zero-order valence-electron chi connectivity index (χ0n) is 10.7. The number of rotatable bonds is 2. The van der Waals surface area contributed by atoms with E-state index < -0.39 is 15.8 Å². The van der Waals surface area contributed by atoms with Crippen molar-refractivity contribution < 1.29 is 12.8 Å². The molecule has 0 N–H and O–H groups in total. The SMILES string of the molecule is O=S(=O)(c1ccc(F)cc1)N1CCc2ncccc2C1. The van der Waals surface area contributed by atoms with E-state index in [0.29, 0.717) is 19.5 Å². The van der Waals surface area contributed by atoms with Crippen LogP contribution in [0.25, 0.3) is 0 Å². The van der Waals surface area contributed by atoms with Gasteiger partial charge in [0.15, 0.2) is 0 Å². The van der Waals surface area contributed by atoms with Gasteiger partial charge in [0.2, 0.25) is 10.0 Å². The lowest BCUT2D eigenvalue weighted by molar-refractivity contribution is 0.387. The number of aromatic nitrogens is 1. The van der Waals surface area contributed by atoms with E-state index in [9.17, 15) is 12.8 Å². The van der Waals surface area contributed by atoms with Gasteiger partial charge in [-0.1, -0.05) is 6.07 Å². The van der Waals surface area contributed by atoms with Crippen molar-refractivity contribution in [2.45, 2.75) is 17.9 Å². The van der Waals surface area contributed by atoms with Crippen molar-refractivity contribution in [3.8, 4) is 0 Å². The zero-order chi connectivity index (χ0) is 14.2. The molecule has 1 aromatic heterocycles. The van der Waals surface area contributed by atoms with Crippen LogP contribution in [0.5, 0.6) is 0 Å². The number of benzene rings is 1. The van der Waals surface area contributed by atoms with Gasteiger partial charge in [0, 0.05) is 31.4 Å². The second-order valence-corrected chi connectivity index (χ2v) is 6.59. The van der Waals surface area contributed by atoms with Crippen molar-refractivity contribution in [3.63, 3.8) is 0 Å². The normalized spacial score (nSPS) is 15.8. The molecule has 0 spiro atoms. The number of hydrogen-bond donors (Lipinski definition) is 0. The molecular weight excluding hydrogens is 279 g/mol. The minimum absolute atomic E-state index is 0.117. The Morgan fingerprint density at radius 3 is 2.65 bits per heavy atom. The van der Waals surface area contributed by atoms with Crippen molar-refractivity contribution in [2.24, 2.45) is 0 Å². The molecule has 2 aromatic rings. The minimum Gasteiger partial charge on any atom is -0.261 e. The van der Waals surface area contributed by atoms with Crippen LogP contribution in [0, 0.1) is 5.82 Å². The topological polar surface area (TPSA) is 50.3 Å². The van der Waals surface area contributed by atoms with Gasteiger partial charge in [-0.25, -0.2) is 12.8 Å². The van der Waals surface area contributed by atoms with Crippen LogP contribution >= 0.6 is 0 Å². The highest BCUT2D eigenvalue weighted by atomic mass is 32.2. The molecule has 0 saturated carbocycles. The summed E-state index contributed by atoms with van der Waals surface area (Å²) in [5.74, 6) is -0.447. The summed E-state index contributed by atoms with van der Waals surface area (Å²) in [6.45, 7) is 0.701. The second kappa shape index (κ2) is 4.96. The Balaban J connectivity index is 1.92. The molecule has 0 saturated heterocycles. The maximum Gasteiger partial charge on any atom is 0.243 e. The maximum atomic E-state index is 12.9. The Bertz CT molecular complexity index is 729. The van der Waals surface area contributed by atoms with Gasteiger partial charge >= 0.3 is 0 Å². The van der Waals surface area contributed by atoms with E-state index in [-0.39, 0.29) is 4.90 Å². The van der Waals surface area contributed by atoms with Crippen molar-refractivity contribution in [3.05, 3.63) is 59.7 Å². The Hall–Kier alpha value is -1.79. The molecule has 104 valence electrons. The van der Waals surface area contributed by atoms with Gasteiger partial charge in [-0.05, 0) is 35.9 Å². The Labute approximate surface area is 116 Å². The fourth-order valence-electron chi connectivity index (χ4n) is 2.30. The maximum absolute atomic E-state index is 12.9. The van der Waals surface area contributed by atoms with Crippen LogP contribution in [0.15, 0.2) is 47.5 Å². The predicted octanol–water partition coefficient (Wildman–Crippen LogP) is 1.97. The summed E-state index contributed by atoms with van der Waals surface area (Å²) in [4.78, 5) is 4.37. The molecule has 0 bridgehead atoms. The fourth-order valence-corrected chi connectivity index (χ4v) is 3.72. The zero-order valence-corrected chi connectivity index (χ0v) is 11.5. The third kappa shape index (κ3) is 2.32. The van der Waals surface area contributed by atoms with Crippen molar-refractivity contribution in [1.29, 1.82) is 0 Å². The van der Waals surface area contributed by atoms with E-state index in [1.165, 1.54) is 16.4 Å². The summed E-state index contributed by atoms with van der Waals surface area (Å²) in [7, 11) is -3.58. The van der Waals surface area contributed by atoms with E-state index in [0.717, 1.165) is 23.4 Å². The summed E-state index contributed by atoms with van der Waals surface area (Å²) < 4.78 is 39.3. The van der Waals surface area contributed by atoms with Crippen LogP contribution in [-0.4, -0.2) is 24.3 Å². The minimum atomic E-state index is -3.58. The monoisotopic (exact) mass is 292 g/mol. The van der Waals surface area contributed by atoms with Crippen LogP contribution in [0.3, 0.4) is 0 Å². The highest BCUT2D eigenvalue weighted by Crippen LogP contribution is 2.23. The number of nitrogens with zero attached hydrogens (tertiary/aromatic N) is 2. The van der Waals surface area contributed by atoms with Gasteiger partial charge in [-0.2, -0.15) is 4.31 Å². The van der Waals surface area contributed by atoms with Crippen molar-refractivity contribution in [1.82, 2.24) is 9.29 Å². The largest absolute Gasteiger partial charge is 0.261 e. The lowest BCUT2D eigenvalue weighted by Gasteiger charge is -2.27. The summed E-state index contributed by atoms with van der Waals surface area (Å²) in [6.07, 6.45) is 2.31. The van der Waals surface area contributed by atoms with E-state index >= 15 is 0 Å². The molecule has 0 fully saturated rings. The average molecular weight is 292 g/mol. The van der Waals surface area contributed by atoms with Gasteiger partial charge in [0.25, 0.3) is 0 Å². The molecule has 4 nitrogen and oxygen atoms in total. The Morgan fingerprint density at radius 2 is 1.90 bits per heavy atom. The number of fused-ring (bicyclic) bond motifs is 1. The van der Waals surface area contributed by atoms with Crippen LogP contribution < -0.4 is 0 Å². The number of pyridine rings is 1. The van der Waals surface area contributed by atoms with Gasteiger partial charge in [-0.3, -0.25) is 4.98 Å². The summed E-state index contributed by atoms with van der Waals surface area (Å²) in [5.41, 5.74) is 1.86. The highest BCUT2D eigenvalue weighted by molar-refractivity contribution is 7.89. The highest BCUT2D eigenvalue weighted by Gasteiger charge is 2.28. The first-order valence-corrected chi connectivity index (χ1v) is 7.70. The molecule has 0 aliphatic carbocycles. The molecule has 6 heteroatoms. The van der Waals surface area contributed by atoms with Crippen molar-refractivity contribution >= 4 is 10.0 Å². The fraction of sp³-hybridized carbons (Fsp3) is 0.214. The first kappa shape index (κ1) is 13.2. The molecule has 20 heavy (non-hydrogen) atoms. The molecule has 0 unspecified atom stereocenters. The number of hydrogen-bond acceptors (Lipinski definition) is 3. The molecule has 0 radical (unpaired) electrons. The van der Waals surface area contributed by atoms with E-state index in [4.69, 9.17) is 0 Å². The van der Waals surface area contributed by atoms with E-state index in [1.807, 2.05) is 6.07 Å². The molecule has 0 atom stereocenters.